The molecule has 0 saturated heterocycles. The van der Waals surface area contributed by atoms with Crippen LogP contribution in [0.5, 0.6) is 0 Å². The molecule has 2 N–H and O–H groups in total. The van der Waals surface area contributed by atoms with Crippen molar-refractivity contribution in [3.63, 3.8) is 0 Å². The molecule has 0 radical (unpaired) electrons. The van der Waals surface area contributed by atoms with Crippen molar-refractivity contribution in [2.75, 3.05) is 6.61 Å². The minimum absolute atomic E-state index is 0.00708. The third-order valence-corrected chi connectivity index (χ3v) is 4.84. The zero-order valence-electron chi connectivity index (χ0n) is 11.8. The zero-order valence-corrected chi connectivity index (χ0v) is 11.8. The van der Waals surface area contributed by atoms with E-state index in [-0.39, 0.29) is 11.6 Å². The van der Waals surface area contributed by atoms with Gasteiger partial charge in [-0.2, -0.15) is 0 Å². The van der Waals surface area contributed by atoms with Crippen LogP contribution in [0, 0.1) is 11.3 Å². The highest BCUT2D eigenvalue weighted by atomic mass is 16.5. The largest absolute Gasteiger partial charge is 0.374 e. The summed E-state index contributed by atoms with van der Waals surface area (Å²) in [5.41, 5.74) is 6.95. The SMILES string of the molecule is CCOC1(C(N)CC2CC2)CCC(C)(C)CC1. The van der Waals surface area contributed by atoms with E-state index in [0.29, 0.717) is 5.41 Å². The summed E-state index contributed by atoms with van der Waals surface area (Å²) in [6, 6.07) is 0.256. The van der Waals surface area contributed by atoms with E-state index in [9.17, 15) is 0 Å². The van der Waals surface area contributed by atoms with E-state index in [0.717, 1.165) is 25.4 Å². The fraction of sp³-hybridized carbons (Fsp3) is 1.00. The van der Waals surface area contributed by atoms with Gasteiger partial charge >= 0.3 is 0 Å². The molecule has 0 amide bonds. The summed E-state index contributed by atoms with van der Waals surface area (Å²) in [5, 5.41) is 0. The number of hydrogen-bond acceptors (Lipinski definition) is 2. The van der Waals surface area contributed by atoms with Gasteiger partial charge < -0.3 is 10.5 Å². The molecule has 0 heterocycles. The molecule has 2 aliphatic carbocycles. The molecule has 0 aromatic carbocycles. The predicted molar refractivity (Wildman–Crippen MR) is 71.9 cm³/mol. The van der Waals surface area contributed by atoms with Crippen LogP contribution in [0.4, 0.5) is 0 Å². The Hall–Kier alpha value is -0.0800. The zero-order chi connectivity index (χ0) is 12.5. The van der Waals surface area contributed by atoms with E-state index in [4.69, 9.17) is 10.5 Å². The van der Waals surface area contributed by atoms with E-state index in [1.165, 1.54) is 32.1 Å². The van der Waals surface area contributed by atoms with Crippen LogP contribution in [0.25, 0.3) is 0 Å². The molecular formula is C15H29NO. The fourth-order valence-corrected chi connectivity index (χ4v) is 3.19. The van der Waals surface area contributed by atoms with Gasteiger partial charge in [-0.1, -0.05) is 26.7 Å². The van der Waals surface area contributed by atoms with Crippen LogP contribution in [0.2, 0.25) is 0 Å². The molecule has 100 valence electrons. The van der Waals surface area contributed by atoms with Gasteiger partial charge in [0, 0.05) is 12.6 Å². The van der Waals surface area contributed by atoms with Crippen molar-refractivity contribution in [1.82, 2.24) is 0 Å². The molecular weight excluding hydrogens is 210 g/mol. The molecule has 0 spiro atoms. The summed E-state index contributed by atoms with van der Waals surface area (Å²) in [6.45, 7) is 7.65. The second-order valence-electron chi connectivity index (χ2n) is 6.95. The number of hydrogen-bond donors (Lipinski definition) is 1. The Labute approximate surface area is 106 Å². The summed E-state index contributed by atoms with van der Waals surface area (Å²) in [7, 11) is 0. The first-order valence-corrected chi connectivity index (χ1v) is 7.37. The highest BCUT2D eigenvalue weighted by Gasteiger charge is 2.44. The average Bonchev–Trinajstić information content (AvgIpc) is 3.06. The number of rotatable bonds is 5. The lowest BCUT2D eigenvalue weighted by atomic mass is 9.68. The van der Waals surface area contributed by atoms with Crippen LogP contribution in [-0.2, 0) is 4.74 Å². The highest BCUT2D eigenvalue weighted by molar-refractivity contribution is 4.99. The smallest absolute Gasteiger partial charge is 0.0832 e. The average molecular weight is 239 g/mol. The Kier molecular flexibility index (Phi) is 3.84. The van der Waals surface area contributed by atoms with Gasteiger partial charge in [-0.15, -0.1) is 0 Å². The highest BCUT2D eigenvalue weighted by Crippen LogP contribution is 2.45. The molecule has 2 aliphatic rings. The van der Waals surface area contributed by atoms with E-state index in [2.05, 4.69) is 20.8 Å². The lowest BCUT2D eigenvalue weighted by Gasteiger charge is -2.46. The Balaban J connectivity index is 1.98. The predicted octanol–water partition coefficient (Wildman–Crippen LogP) is 3.49. The minimum atomic E-state index is -0.00708. The Morgan fingerprint density at radius 3 is 2.24 bits per heavy atom. The van der Waals surface area contributed by atoms with Gasteiger partial charge in [-0.3, -0.25) is 0 Å². The van der Waals surface area contributed by atoms with Crippen LogP contribution >= 0.6 is 0 Å². The summed E-state index contributed by atoms with van der Waals surface area (Å²) in [5.74, 6) is 0.900. The van der Waals surface area contributed by atoms with Crippen LogP contribution < -0.4 is 5.73 Å². The molecule has 1 unspecified atom stereocenters. The molecule has 2 fully saturated rings. The van der Waals surface area contributed by atoms with E-state index >= 15 is 0 Å². The minimum Gasteiger partial charge on any atom is -0.374 e. The van der Waals surface area contributed by atoms with Crippen molar-refractivity contribution in [2.24, 2.45) is 17.1 Å². The summed E-state index contributed by atoms with van der Waals surface area (Å²) >= 11 is 0. The van der Waals surface area contributed by atoms with Crippen LogP contribution in [0.3, 0.4) is 0 Å². The first-order valence-electron chi connectivity index (χ1n) is 7.37. The standard InChI is InChI=1S/C15H29NO/c1-4-17-15(13(16)11-12-5-6-12)9-7-14(2,3)8-10-15/h12-13H,4-11,16H2,1-3H3. The van der Waals surface area contributed by atoms with Crippen molar-refractivity contribution in [3.8, 4) is 0 Å². The van der Waals surface area contributed by atoms with Crippen molar-refractivity contribution in [2.45, 2.75) is 77.4 Å². The molecule has 0 aromatic rings. The van der Waals surface area contributed by atoms with Crippen molar-refractivity contribution in [1.29, 1.82) is 0 Å². The molecule has 2 rings (SSSR count). The quantitative estimate of drug-likeness (QED) is 0.797. The Morgan fingerprint density at radius 2 is 1.76 bits per heavy atom. The molecule has 2 heteroatoms. The summed E-state index contributed by atoms with van der Waals surface area (Å²) in [4.78, 5) is 0. The maximum absolute atomic E-state index is 6.47. The Bertz CT molecular complexity index is 248. The fourth-order valence-electron chi connectivity index (χ4n) is 3.19. The van der Waals surface area contributed by atoms with Crippen LogP contribution in [0.15, 0.2) is 0 Å². The lowest BCUT2D eigenvalue weighted by Crippen LogP contribution is -2.53. The van der Waals surface area contributed by atoms with Gasteiger partial charge in [0.05, 0.1) is 5.60 Å². The molecule has 2 saturated carbocycles. The Morgan fingerprint density at radius 1 is 1.18 bits per heavy atom. The van der Waals surface area contributed by atoms with E-state index < -0.39 is 0 Å². The molecule has 0 aromatic heterocycles. The van der Waals surface area contributed by atoms with Gasteiger partial charge in [-0.25, -0.2) is 0 Å². The van der Waals surface area contributed by atoms with Gasteiger partial charge in [-0.05, 0) is 50.4 Å². The first-order chi connectivity index (χ1) is 7.97. The molecule has 2 nitrogen and oxygen atoms in total. The summed E-state index contributed by atoms with van der Waals surface area (Å²) < 4.78 is 6.13. The maximum Gasteiger partial charge on any atom is 0.0832 e. The first kappa shape index (κ1) is 13.4. The molecule has 17 heavy (non-hydrogen) atoms. The summed E-state index contributed by atoms with van der Waals surface area (Å²) in [6.07, 6.45) is 8.78. The van der Waals surface area contributed by atoms with Crippen molar-refractivity contribution >= 4 is 0 Å². The third kappa shape index (κ3) is 3.23. The van der Waals surface area contributed by atoms with E-state index in [1.807, 2.05) is 0 Å². The number of ether oxygens (including phenoxy) is 1. The molecule has 1 atom stereocenters. The maximum atomic E-state index is 6.47. The van der Waals surface area contributed by atoms with Crippen LogP contribution in [0.1, 0.15) is 65.7 Å². The van der Waals surface area contributed by atoms with Gasteiger partial charge in [0.1, 0.15) is 0 Å². The van der Waals surface area contributed by atoms with Gasteiger partial charge in [0.25, 0.3) is 0 Å². The van der Waals surface area contributed by atoms with Crippen molar-refractivity contribution < 1.29 is 4.74 Å². The van der Waals surface area contributed by atoms with Crippen LogP contribution in [-0.4, -0.2) is 18.2 Å². The van der Waals surface area contributed by atoms with Gasteiger partial charge in [0.15, 0.2) is 0 Å². The normalized spacial score (nSPS) is 28.9. The third-order valence-electron chi connectivity index (χ3n) is 4.84. The van der Waals surface area contributed by atoms with E-state index in [1.54, 1.807) is 0 Å². The van der Waals surface area contributed by atoms with Crippen molar-refractivity contribution in [3.05, 3.63) is 0 Å². The topological polar surface area (TPSA) is 35.2 Å². The van der Waals surface area contributed by atoms with Gasteiger partial charge in [0.2, 0.25) is 0 Å². The second kappa shape index (κ2) is 4.89. The molecule has 0 aliphatic heterocycles. The number of nitrogens with two attached hydrogens (primary N) is 1. The second-order valence-corrected chi connectivity index (χ2v) is 6.95. The molecule has 0 bridgehead atoms. The monoisotopic (exact) mass is 239 g/mol. The lowest BCUT2D eigenvalue weighted by molar-refractivity contribution is -0.101.